The molecule has 0 radical (unpaired) electrons. The normalized spacial score (nSPS) is 11.2. The number of amidine groups is 1. The number of likely N-dealkylation sites (N-methyl/N-ethyl adjacent to an activating group) is 1. The summed E-state index contributed by atoms with van der Waals surface area (Å²) >= 11 is 5.79. The molecule has 1 rings (SSSR count). The predicted octanol–water partition coefficient (Wildman–Crippen LogP) is 3.00. The van der Waals surface area contributed by atoms with Gasteiger partial charge in [-0.15, -0.1) is 0 Å². The van der Waals surface area contributed by atoms with Gasteiger partial charge < -0.3 is 4.90 Å². The summed E-state index contributed by atoms with van der Waals surface area (Å²) in [6.45, 7) is 6.99. The van der Waals surface area contributed by atoms with Crippen LogP contribution in [0.1, 0.15) is 20.8 Å². The summed E-state index contributed by atoms with van der Waals surface area (Å²) < 4.78 is 0. The SMILES string of the molecule is CCN(CC)/C(=N/Nc1ccc(Cl)cc1)C(C)=O. The van der Waals surface area contributed by atoms with Gasteiger partial charge in [-0.3, -0.25) is 10.2 Å². The van der Waals surface area contributed by atoms with Gasteiger partial charge in [0.1, 0.15) is 0 Å². The highest BCUT2D eigenvalue weighted by Gasteiger charge is 2.12. The lowest BCUT2D eigenvalue weighted by Crippen LogP contribution is -2.36. The van der Waals surface area contributed by atoms with Crippen molar-refractivity contribution in [3.05, 3.63) is 29.3 Å². The van der Waals surface area contributed by atoms with Crippen molar-refractivity contribution < 1.29 is 4.79 Å². The van der Waals surface area contributed by atoms with Crippen molar-refractivity contribution in [3.63, 3.8) is 0 Å². The first-order valence-corrected chi connectivity index (χ1v) is 6.31. The zero-order valence-electron chi connectivity index (χ0n) is 10.9. The second kappa shape index (κ2) is 7.01. The van der Waals surface area contributed by atoms with Crippen molar-refractivity contribution in [2.45, 2.75) is 20.8 Å². The molecule has 1 aromatic carbocycles. The Hall–Kier alpha value is -1.55. The highest BCUT2D eigenvalue weighted by Crippen LogP contribution is 2.13. The molecule has 0 aromatic heterocycles. The lowest BCUT2D eigenvalue weighted by atomic mass is 10.3. The average molecular weight is 268 g/mol. The Labute approximate surface area is 113 Å². The summed E-state index contributed by atoms with van der Waals surface area (Å²) in [7, 11) is 0. The van der Waals surface area contributed by atoms with Gasteiger partial charge in [0.2, 0.25) is 0 Å². The number of ketones is 1. The number of nitrogens with one attached hydrogen (secondary N) is 1. The van der Waals surface area contributed by atoms with E-state index < -0.39 is 0 Å². The van der Waals surface area contributed by atoms with Crippen molar-refractivity contribution in [2.24, 2.45) is 5.10 Å². The number of anilines is 1. The van der Waals surface area contributed by atoms with Crippen LogP contribution in [0.2, 0.25) is 5.02 Å². The fourth-order valence-electron chi connectivity index (χ4n) is 1.54. The van der Waals surface area contributed by atoms with E-state index in [-0.39, 0.29) is 5.78 Å². The Balaban J connectivity index is 2.83. The Morgan fingerprint density at radius 2 is 1.83 bits per heavy atom. The van der Waals surface area contributed by atoms with E-state index in [1.54, 1.807) is 12.1 Å². The van der Waals surface area contributed by atoms with Gasteiger partial charge >= 0.3 is 0 Å². The standard InChI is InChI=1S/C13H18ClN3O/c1-4-17(5-2)13(10(3)18)16-15-12-8-6-11(14)7-9-12/h6-9,15H,4-5H2,1-3H3/b16-13+. The molecular weight excluding hydrogens is 250 g/mol. The number of carbonyl (C=O) groups excluding carboxylic acids is 1. The Morgan fingerprint density at radius 3 is 2.28 bits per heavy atom. The third-order valence-corrected chi connectivity index (χ3v) is 2.76. The fraction of sp³-hybridized carbons (Fsp3) is 0.385. The van der Waals surface area contributed by atoms with E-state index >= 15 is 0 Å². The number of rotatable bonds is 5. The van der Waals surface area contributed by atoms with Crippen LogP contribution in [-0.2, 0) is 4.79 Å². The minimum atomic E-state index is -0.0554. The molecule has 0 saturated heterocycles. The molecule has 0 atom stereocenters. The molecule has 0 saturated carbocycles. The topological polar surface area (TPSA) is 44.7 Å². The zero-order valence-corrected chi connectivity index (χ0v) is 11.7. The molecule has 0 fully saturated rings. The molecule has 0 bridgehead atoms. The number of hydrogen-bond acceptors (Lipinski definition) is 3. The van der Waals surface area contributed by atoms with E-state index in [9.17, 15) is 4.79 Å². The average Bonchev–Trinajstić information content (AvgIpc) is 2.36. The monoisotopic (exact) mass is 267 g/mol. The van der Waals surface area contributed by atoms with E-state index in [4.69, 9.17) is 11.6 Å². The third kappa shape index (κ3) is 4.04. The molecule has 0 spiro atoms. The summed E-state index contributed by atoms with van der Waals surface area (Å²) in [6.07, 6.45) is 0. The van der Waals surface area contributed by atoms with Crippen LogP contribution in [0.15, 0.2) is 29.4 Å². The first-order chi connectivity index (χ1) is 8.58. The second-order valence-corrected chi connectivity index (χ2v) is 4.22. The number of halogens is 1. The van der Waals surface area contributed by atoms with Crippen molar-refractivity contribution >= 4 is 28.9 Å². The molecule has 0 amide bonds. The quantitative estimate of drug-likeness (QED) is 0.507. The maximum absolute atomic E-state index is 11.5. The second-order valence-electron chi connectivity index (χ2n) is 3.78. The number of hydrogen-bond donors (Lipinski definition) is 1. The van der Waals surface area contributed by atoms with Crippen LogP contribution in [0.3, 0.4) is 0 Å². The van der Waals surface area contributed by atoms with Gasteiger partial charge in [0, 0.05) is 25.0 Å². The van der Waals surface area contributed by atoms with Gasteiger partial charge in [-0.2, -0.15) is 5.10 Å². The maximum atomic E-state index is 11.5. The predicted molar refractivity (Wildman–Crippen MR) is 76.1 cm³/mol. The number of nitrogens with zero attached hydrogens (tertiary/aromatic N) is 2. The molecule has 98 valence electrons. The van der Waals surface area contributed by atoms with Crippen LogP contribution in [0.25, 0.3) is 0 Å². The van der Waals surface area contributed by atoms with E-state index in [2.05, 4.69) is 10.5 Å². The summed E-state index contributed by atoms with van der Waals surface area (Å²) in [4.78, 5) is 13.5. The lowest BCUT2D eigenvalue weighted by Gasteiger charge is -2.20. The van der Waals surface area contributed by atoms with E-state index in [1.807, 2.05) is 30.9 Å². The lowest BCUT2D eigenvalue weighted by molar-refractivity contribution is -0.111. The first-order valence-electron chi connectivity index (χ1n) is 5.93. The van der Waals surface area contributed by atoms with Crippen molar-refractivity contribution in [3.8, 4) is 0 Å². The molecule has 0 aliphatic rings. The molecule has 0 aliphatic heterocycles. The van der Waals surface area contributed by atoms with Gasteiger partial charge in [-0.05, 0) is 38.1 Å². The van der Waals surface area contributed by atoms with Gasteiger partial charge in [-0.25, -0.2) is 0 Å². The van der Waals surface area contributed by atoms with Crippen LogP contribution >= 0.6 is 11.6 Å². The van der Waals surface area contributed by atoms with Crippen molar-refractivity contribution in [2.75, 3.05) is 18.5 Å². The van der Waals surface area contributed by atoms with Gasteiger partial charge in [0.15, 0.2) is 11.6 Å². The maximum Gasteiger partial charge on any atom is 0.196 e. The molecule has 5 heteroatoms. The number of carbonyl (C=O) groups is 1. The molecule has 0 heterocycles. The minimum Gasteiger partial charge on any atom is -0.353 e. The highest BCUT2D eigenvalue weighted by atomic mass is 35.5. The minimum absolute atomic E-state index is 0.0554. The smallest absolute Gasteiger partial charge is 0.196 e. The molecular formula is C13H18ClN3O. The number of Topliss-reactive ketones (excluding diaryl/α,β-unsaturated/α-hetero) is 1. The van der Waals surface area contributed by atoms with Crippen LogP contribution < -0.4 is 5.43 Å². The van der Waals surface area contributed by atoms with Crippen molar-refractivity contribution in [1.82, 2.24) is 4.90 Å². The zero-order chi connectivity index (χ0) is 13.5. The molecule has 18 heavy (non-hydrogen) atoms. The Morgan fingerprint density at radius 1 is 1.28 bits per heavy atom. The molecule has 1 N–H and O–H groups in total. The fourth-order valence-corrected chi connectivity index (χ4v) is 1.66. The Kier molecular flexibility index (Phi) is 5.65. The third-order valence-electron chi connectivity index (χ3n) is 2.51. The summed E-state index contributed by atoms with van der Waals surface area (Å²) in [5, 5.41) is 4.83. The van der Waals surface area contributed by atoms with Gasteiger partial charge in [0.25, 0.3) is 0 Å². The van der Waals surface area contributed by atoms with E-state index in [0.29, 0.717) is 10.9 Å². The summed E-state index contributed by atoms with van der Waals surface area (Å²) in [5.74, 6) is 0.384. The van der Waals surface area contributed by atoms with Crippen LogP contribution in [-0.4, -0.2) is 29.6 Å². The summed E-state index contributed by atoms with van der Waals surface area (Å²) in [6, 6.07) is 7.16. The molecule has 0 unspecified atom stereocenters. The molecule has 4 nitrogen and oxygen atoms in total. The van der Waals surface area contributed by atoms with Crippen LogP contribution in [0.4, 0.5) is 5.69 Å². The van der Waals surface area contributed by atoms with E-state index in [0.717, 1.165) is 18.8 Å². The van der Waals surface area contributed by atoms with Crippen molar-refractivity contribution in [1.29, 1.82) is 0 Å². The van der Waals surface area contributed by atoms with Gasteiger partial charge in [-0.1, -0.05) is 11.6 Å². The molecule has 1 aromatic rings. The van der Waals surface area contributed by atoms with Crippen LogP contribution in [0.5, 0.6) is 0 Å². The first kappa shape index (κ1) is 14.5. The summed E-state index contributed by atoms with van der Waals surface area (Å²) in [5.41, 5.74) is 3.67. The van der Waals surface area contributed by atoms with Crippen LogP contribution in [0, 0.1) is 0 Å². The van der Waals surface area contributed by atoms with Gasteiger partial charge in [0.05, 0.1) is 5.69 Å². The van der Waals surface area contributed by atoms with E-state index in [1.165, 1.54) is 6.92 Å². The Bertz CT molecular complexity index is 424. The number of benzene rings is 1. The highest BCUT2D eigenvalue weighted by molar-refractivity contribution is 6.37. The number of hydrazone groups is 1. The largest absolute Gasteiger partial charge is 0.353 e. The molecule has 0 aliphatic carbocycles.